The van der Waals surface area contributed by atoms with E-state index in [0.717, 1.165) is 0 Å². The smallest absolute Gasteiger partial charge is 0.407 e. The monoisotopic (exact) mass is 256 g/mol. The van der Waals surface area contributed by atoms with Gasteiger partial charge >= 0.3 is 6.09 Å². The van der Waals surface area contributed by atoms with Crippen LogP contribution in [0.1, 0.15) is 33.6 Å². The molecule has 0 rings (SSSR count). The van der Waals surface area contributed by atoms with Crippen molar-refractivity contribution in [1.82, 2.24) is 10.6 Å². The largest absolute Gasteiger partial charge is 0.445 e. The summed E-state index contributed by atoms with van der Waals surface area (Å²) in [5.41, 5.74) is -0.313. The maximum atomic E-state index is 11.6. The summed E-state index contributed by atoms with van der Waals surface area (Å²) in [7, 11) is 1.61. The minimum Gasteiger partial charge on any atom is -0.445 e. The Bertz CT molecular complexity index is 279. The van der Waals surface area contributed by atoms with Crippen molar-refractivity contribution < 1.29 is 14.3 Å². The Morgan fingerprint density at radius 3 is 2.61 bits per heavy atom. The van der Waals surface area contributed by atoms with Gasteiger partial charge in [-0.3, -0.25) is 5.32 Å². The van der Waals surface area contributed by atoms with E-state index in [9.17, 15) is 4.79 Å². The average Bonchev–Trinajstić information content (AvgIpc) is 2.21. The van der Waals surface area contributed by atoms with E-state index in [-0.39, 0.29) is 11.6 Å². The third-order valence-corrected chi connectivity index (χ3v) is 1.99. The van der Waals surface area contributed by atoms with Gasteiger partial charge in [0.2, 0.25) is 0 Å². The molecule has 1 atom stereocenters. The highest BCUT2D eigenvalue weighted by Gasteiger charge is 2.18. The molecule has 0 aliphatic rings. The van der Waals surface area contributed by atoms with Crippen molar-refractivity contribution in [2.45, 2.75) is 45.3 Å². The summed E-state index contributed by atoms with van der Waals surface area (Å²) < 4.78 is 10.1. The second-order valence-electron chi connectivity index (χ2n) is 5.03. The second kappa shape index (κ2) is 8.78. The maximum absolute atomic E-state index is 11.6. The average molecular weight is 256 g/mol. The zero-order valence-electron chi connectivity index (χ0n) is 11.7. The van der Waals surface area contributed by atoms with Gasteiger partial charge < -0.3 is 14.8 Å². The highest BCUT2D eigenvalue weighted by atomic mass is 16.6. The summed E-state index contributed by atoms with van der Waals surface area (Å²) >= 11 is 0. The first-order chi connectivity index (χ1) is 8.39. The zero-order chi connectivity index (χ0) is 14.0. The van der Waals surface area contributed by atoms with Gasteiger partial charge in [-0.25, -0.2) is 4.79 Å². The van der Waals surface area contributed by atoms with E-state index in [0.29, 0.717) is 26.1 Å². The number of alkyl carbamates (subject to hydrolysis) is 1. The molecule has 2 N–H and O–H groups in total. The highest BCUT2D eigenvalue weighted by molar-refractivity contribution is 5.68. The molecule has 18 heavy (non-hydrogen) atoms. The summed E-state index contributed by atoms with van der Waals surface area (Å²) in [6.45, 7) is 6.83. The standard InChI is InChI=1S/C13H24N2O3/c1-6-7-11(8-9-14-10-17-5)18-12(16)15-13(2,3)4/h1,11,14H,7-10H2,2-5H3,(H,15,16). The lowest BCUT2D eigenvalue weighted by Gasteiger charge is -2.23. The van der Waals surface area contributed by atoms with E-state index in [1.54, 1.807) is 7.11 Å². The van der Waals surface area contributed by atoms with Crippen LogP contribution in [-0.4, -0.2) is 38.1 Å². The van der Waals surface area contributed by atoms with Crippen LogP contribution in [0.2, 0.25) is 0 Å². The molecule has 0 spiro atoms. The van der Waals surface area contributed by atoms with Crippen LogP contribution in [0.15, 0.2) is 0 Å². The van der Waals surface area contributed by atoms with E-state index in [2.05, 4.69) is 16.6 Å². The fraction of sp³-hybridized carbons (Fsp3) is 0.769. The highest BCUT2D eigenvalue weighted by Crippen LogP contribution is 2.06. The fourth-order valence-electron chi connectivity index (χ4n) is 1.26. The normalized spacial score (nSPS) is 12.6. The number of amides is 1. The number of ether oxygens (including phenoxy) is 2. The Morgan fingerprint density at radius 2 is 2.11 bits per heavy atom. The van der Waals surface area contributed by atoms with Crippen LogP contribution in [0.25, 0.3) is 0 Å². The van der Waals surface area contributed by atoms with Crippen LogP contribution in [0.4, 0.5) is 4.79 Å². The number of carbonyl (C=O) groups is 1. The molecule has 0 heterocycles. The van der Waals surface area contributed by atoms with Crippen molar-refractivity contribution in [3.63, 3.8) is 0 Å². The molecule has 0 saturated heterocycles. The van der Waals surface area contributed by atoms with Crippen molar-refractivity contribution in [3.05, 3.63) is 0 Å². The first kappa shape index (κ1) is 16.8. The van der Waals surface area contributed by atoms with Gasteiger partial charge in [0.1, 0.15) is 6.10 Å². The topological polar surface area (TPSA) is 59.6 Å². The van der Waals surface area contributed by atoms with Gasteiger partial charge in [0.05, 0.1) is 6.73 Å². The van der Waals surface area contributed by atoms with Gasteiger partial charge in [-0.1, -0.05) is 0 Å². The van der Waals surface area contributed by atoms with Gasteiger partial charge in [0, 0.05) is 25.6 Å². The predicted octanol–water partition coefficient (Wildman–Crippen LogP) is 1.49. The molecule has 0 aromatic rings. The third-order valence-electron chi connectivity index (χ3n) is 1.99. The van der Waals surface area contributed by atoms with Crippen LogP contribution in [-0.2, 0) is 9.47 Å². The number of nitrogens with one attached hydrogen (secondary N) is 2. The number of hydrogen-bond donors (Lipinski definition) is 2. The Labute approximate surface area is 110 Å². The molecular weight excluding hydrogens is 232 g/mol. The molecule has 0 aliphatic carbocycles. The first-order valence-corrected chi connectivity index (χ1v) is 6.01. The fourth-order valence-corrected chi connectivity index (χ4v) is 1.26. The van der Waals surface area contributed by atoms with Crippen molar-refractivity contribution in [1.29, 1.82) is 0 Å². The van der Waals surface area contributed by atoms with Gasteiger partial charge in [-0.05, 0) is 27.2 Å². The molecule has 0 bridgehead atoms. The Balaban J connectivity index is 4.03. The molecule has 1 amide bonds. The molecule has 5 heteroatoms. The number of rotatable bonds is 7. The predicted molar refractivity (Wildman–Crippen MR) is 71.1 cm³/mol. The molecule has 0 saturated carbocycles. The molecule has 0 aromatic heterocycles. The van der Waals surface area contributed by atoms with Crippen molar-refractivity contribution in [3.8, 4) is 12.3 Å². The van der Waals surface area contributed by atoms with E-state index in [1.165, 1.54) is 0 Å². The molecular formula is C13H24N2O3. The molecule has 104 valence electrons. The Hall–Kier alpha value is -1.25. The number of carbonyl (C=O) groups excluding carboxylic acids is 1. The van der Waals surface area contributed by atoms with Crippen molar-refractivity contribution in [2.75, 3.05) is 20.4 Å². The lowest BCUT2D eigenvalue weighted by Crippen LogP contribution is -2.42. The lowest BCUT2D eigenvalue weighted by atomic mass is 10.1. The van der Waals surface area contributed by atoms with E-state index in [1.807, 2.05) is 20.8 Å². The van der Waals surface area contributed by atoms with Gasteiger partial charge in [0.15, 0.2) is 0 Å². The SMILES string of the molecule is C#CCC(CCNCOC)OC(=O)NC(C)(C)C. The van der Waals surface area contributed by atoms with Gasteiger partial charge in [0.25, 0.3) is 0 Å². The minimum atomic E-state index is -0.436. The van der Waals surface area contributed by atoms with Crippen molar-refractivity contribution >= 4 is 6.09 Å². The second-order valence-corrected chi connectivity index (χ2v) is 5.03. The van der Waals surface area contributed by atoms with E-state index in [4.69, 9.17) is 15.9 Å². The first-order valence-electron chi connectivity index (χ1n) is 6.01. The molecule has 1 unspecified atom stereocenters. The maximum Gasteiger partial charge on any atom is 0.407 e. The van der Waals surface area contributed by atoms with Gasteiger partial charge in [-0.15, -0.1) is 12.3 Å². The van der Waals surface area contributed by atoms with E-state index < -0.39 is 6.09 Å². The van der Waals surface area contributed by atoms with Crippen LogP contribution >= 0.6 is 0 Å². The molecule has 0 radical (unpaired) electrons. The van der Waals surface area contributed by atoms with E-state index >= 15 is 0 Å². The number of methoxy groups -OCH3 is 1. The number of terminal acetylenes is 1. The summed E-state index contributed by atoms with van der Waals surface area (Å²) in [6.07, 6.45) is 5.61. The Morgan fingerprint density at radius 1 is 1.44 bits per heavy atom. The summed E-state index contributed by atoms with van der Waals surface area (Å²) in [5.74, 6) is 2.51. The van der Waals surface area contributed by atoms with Crippen LogP contribution < -0.4 is 10.6 Å². The molecule has 0 aliphatic heterocycles. The molecule has 5 nitrogen and oxygen atoms in total. The van der Waals surface area contributed by atoms with Crippen molar-refractivity contribution in [2.24, 2.45) is 0 Å². The summed E-state index contributed by atoms with van der Waals surface area (Å²) in [4.78, 5) is 11.6. The zero-order valence-corrected chi connectivity index (χ0v) is 11.7. The molecule has 0 aromatic carbocycles. The minimum absolute atomic E-state index is 0.276. The quantitative estimate of drug-likeness (QED) is 0.411. The summed E-state index contributed by atoms with van der Waals surface area (Å²) in [5, 5.41) is 5.78. The van der Waals surface area contributed by atoms with Crippen LogP contribution in [0.5, 0.6) is 0 Å². The number of hydrogen-bond acceptors (Lipinski definition) is 4. The van der Waals surface area contributed by atoms with Crippen LogP contribution in [0, 0.1) is 12.3 Å². The summed E-state index contributed by atoms with van der Waals surface area (Å²) in [6, 6.07) is 0. The third kappa shape index (κ3) is 9.94. The van der Waals surface area contributed by atoms with Crippen LogP contribution in [0.3, 0.4) is 0 Å². The lowest BCUT2D eigenvalue weighted by molar-refractivity contribution is 0.0865. The Kier molecular flexibility index (Phi) is 8.17. The van der Waals surface area contributed by atoms with Gasteiger partial charge in [-0.2, -0.15) is 0 Å². The molecule has 0 fully saturated rings.